The van der Waals surface area contributed by atoms with E-state index < -0.39 is 10.0 Å². The van der Waals surface area contributed by atoms with Crippen LogP contribution in [0.25, 0.3) is 11.5 Å². The minimum Gasteiger partial charge on any atom is -0.496 e. The van der Waals surface area contributed by atoms with Crippen molar-refractivity contribution >= 4 is 10.0 Å². The fraction of sp³-hybridized carbons (Fsp3) is 0.263. The Bertz CT molecular complexity index is 1070. The van der Waals surface area contributed by atoms with Gasteiger partial charge in [0.15, 0.2) is 0 Å². The van der Waals surface area contributed by atoms with Crippen LogP contribution in [-0.2, 0) is 16.6 Å². The van der Waals surface area contributed by atoms with Gasteiger partial charge in [0.05, 0.1) is 18.6 Å². The van der Waals surface area contributed by atoms with E-state index in [0.717, 1.165) is 16.7 Å². The molecule has 3 aromatic rings. The summed E-state index contributed by atoms with van der Waals surface area (Å²) in [5.41, 5.74) is 3.19. The van der Waals surface area contributed by atoms with Gasteiger partial charge >= 0.3 is 0 Å². The SMILES string of the molecule is COc1cc(C)c(S(=O)(=O)NCc2nnc(-c3cccc(C)c3)o2)cc1C. The number of aryl methyl sites for hydroxylation is 3. The first-order valence-corrected chi connectivity index (χ1v) is 9.83. The smallest absolute Gasteiger partial charge is 0.247 e. The summed E-state index contributed by atoms with van der Waals surface area (Å²) < 4.78 is 38.6. The van der Waals surface area contributed by atoms with E-state index in [1.165, 1.54) is 0 Å². The highest BCUT2D eigenvalue weighted by Crippen LogP contribution is 2.25. The summed E-state index contributed by atoms with van der Waals surface area (Å²) >= 11 is 0. The maximum Gasteiger partial charge on any atom is 0.247 e. The Balaban J connectivity index is 1.78. The van der Waals surface area contributed by atoms with E-state index in [2.05, 4.69) is 14.9 Å². The number of sulfonamides is 1. The molecular formula is C19H21N3O4S. The van der Waals surface area contributed by atoms with Gasteiger partial charge in [-0.1, -0.05) is 17.7 Å². The van der Waals surface area contributed by atoms with E-state index in [-0.39, 0.29) is 17.3 Å². The molecule has 0 amide bonds. The second-order valence-corrected chi connectivity index (χ2v) is 8.02. The third-order valence-electron chi connectivity index (χ3n) is 4.13. The quantitative estimate of drug-likeness (QED) is 0.698. The molecule has 0 aliphatic carbocycles. The predicted molar refractivity (Wildman–Crippen MR) is 101 cm³/mol. The third kappa shape index (κ3) is 4.17. The van der Waals surface area contributed by atoms with Crippen LogP contribution in [0.3, 0.4) is 0 Å². The Kier molecular flexibility index (Phi) is 5.29. The van der Waals surface area contributed by atoms with Crippen molar-refractivity contribution in [3.8, 4) is 17.2 Å². The van der Waals surface area contributed by atoms with Crippen molar-refractivity contribution in [1.82, 2.24) is 14.9 Å². The van der Waals surface area contributed by atoms with Gasteiger partial charge in [-0.3, -0.25) is 0 Å². The van der Waals surface area contributed by atoms with E-state index in [4.69, 9.17) is 9.15 Å². The van der Waals surface area contributed by atoms with Crippen molar-refractivity contribution in [2.75, 3.05) is 7.11 Å². The molecule has 142 valence electrons. The van der Waals surface area contributed by atoms with Gasteiger partial charge in [0, 0.05) is 5.56 Å². The first kappa shape index (κ1) is 19.1. The molecule has 0 unspecified atom stereocenters. The van der Waals surface area contributed by atoms with Gasteiger partial charge in [0.25, 0.3) is 0 Å². The summed E-state index contributed by atoms with van der Waals surface area (Å²) in [4.78, 5) is 0.194. The molecule has 0 fully saturated rings. The number of aromatic nitrogens is 2. The summed E-state index contributed by atoms with van der Waals surface area (Å²) in [5, 5.41) is 7.91. The predicted octanol–water partition coefficient (Wildman–Crippen LogP) is 3.15. The van der Waals surface area contributed by atoms with Crippen molar-refractivity contribution in [1.29, 1.82) is 0 Å². The lowest BCUT2D eigenvalue weighted by Crippen LogP contribution is -2.24. The molecule has 0 aliphatic rings. The number of rotatable bonds is 6. The minimum atomic E-state index is -3.73. The van der Waals surface area contributed by atoms with Crippen LogP contribution in [0.5, 0.6) is 5.75 Å². The zero-order valence-electron chi connectivity index (χ0n) is 15.6. The lowest BCUT2D eigenvalue weighted by atomic mass is 10.1. The number of nitrogens with one attached hydrogen (secondary N) is 1. The van der Waals surface area contributed by atoms with E-state index >= 15 is 0 Å². The molecule has 1 N–H and O–H groups in total. The van der Waals surface area contributed by atoms with Gasteiger partial charge < -0.3 is 9.15 Å². The molecule has 3 rings (SSSR count). The highest BCUT2D eigenvalue weighted by molar-refractivity contribution is 7.89. The van der Waals surface area contributed by atoms with Crippen molar-refractivity contribution in [2.45, 2.75) is 32.2 Å². The molecule has 2 aromatic carbocycles. The third-order valence-corrected chi connectivity index (χ3v) is 5.67. The van der Waals surface area contributed by atoms with Crippen LogP contribution < -0.4 is 9.46 Å². The monoisotopic (exact) mass is 387 g/mol. The molecule has 1 aromatic heterocycles. The number of methoxy groups -OCH3 is 1. The fourth-order valence-electron chi connectivity index (χ4n) is 2.73. The highest BCUT2D eigenvalue weighted by Gasteiger charge is 2.20. The van der Waals surface area contributed by atoms with Gasteiger partial charge in [0.1, 0.15) is 5.75 Å². The molecule has 8 heteroatoms. The normalized spacial score (nSPS) is 11.6. The lowest BCUT2D eigenvalue weighted by molar-refractivity contribution is 0.411. The Hall–Kier alpha value is -2.71. The van der Waals surface area contributed by atoms with Crippen LogP contribution >= 0.6 is 0 Å². The lowest BCUT2D eigenvalue weighted by Gasteiger charge is -2.12. The fourth-order valence-corrected chi connectivity index (χ4v) is 4.01. The second-order valence-electron chi connectivity index (χ2n) is 6.28. The standard InChI is InChI=1S/C19H21N3O4S/c1-12-6-5-7-15(8-12)19-22-21-18(26-19)11-20-27(23,24)17-10-13(2)16(25-4)9-14(17)3/h5-10,20H,11H2,1-4H3. The van der Waals surface area contributed by atoms with Crippen molar-refractivity contribution in [3.63, 3.8) is 0 Å². The molecule has 0 aliphatic heterocycles. The van der Waals surface area contributed by atoms with Crippen LogP contribution in [0, 0.1) is 20.8 Å². The van der Waals surface area contributed by atoms with E-state index in [1.54, 1.807) is 33.1 Å². The Labute approximate surface area is 158 Å². The molecule has 0 saturated carbocycles. The number of hydrogen-bond donors (Lipinski definition) is 1. The van der Waals surface area contributed by atoms with Crippen LogP contribution in [0.1, 0.15) is 22.6 Å². The van der Waals surface area contributed by atoms with E-state index in [9.17, 15) is 8.42 Å². The number of nitrogens with zero attached hydrogens (tertiary/aromatic N) is 2. The van der Waals surface area contributed by atoms with Crippen molar-refractivity contribution in [2.24, 2.45) is 0 Å². The second kappa shape index (κ2) is 7.50. The zero-order valence-corrected chi connectivity index (χ0v) is 16.4. The summed E-state index contributed by atoms with van der Waals surface area (Å²) in [7, 11) is -2.18. The topological polar surface area (TPSA) is 94.3 Å². The Morgan fingerprint density at radius 2 is 1.85 bits per heavy atom. The number of hydrogen-bond acceptors (Lipinski definition) is 6. The molecule has 1 heterocycles. The average molecular weight is 387 g/mol. The van der Waals surface area contributed by atoms with Crippen LogP contribution in [0.2, 0.25) is 0 Å². The molecule has 7 nitrogen and oxygen atoms in total. The van der Waals surface area contributed by atoms with Crippen molar-refractivity contribution in [3.05, 3.63) is 59.0 Å². The average Bonchev–Trinajstić information content (AvgIpc) is 3.11. The van der Waals surface area contributed by atoms with E-state index in [1.807, 2.05) is 31.2 Å². The summed E-state index contributed by atoms with van der Waals surface area (Å²) in [5.74, 6) is 1.19. The van der Waals surface area contributed by atoms with Gasteiger partial charge in [-0.2, -0.15) is 0 Å². The number of ether oxygens (including phenoxy) is 1. The van der Waals surface area contributed by atoms with Crippen LogP contribution in [-0.4, -0.2) is 25.7 Å². The van der Waals surface area contributed by atoms with E-state index in [0.29, 0.717) is 17.2 Å². The molecule has 0 atom stereocenters. The molecular weight excluding hydrogens is 366 g/mol. The molecule has 0 bridgehead atoms. The first-order valence-electron chi connectivity index (χ1n) is 8.34. The summed E-state index contributed by atoms with van der Waals surface area (Å²) in [6.45, 7) is 5.39. The number of benzene rings is 2. The maximum atomic E-state index is 12.7. The van der Waals surface area contributed by atoms with Crippen LogP contribution in [0.4, 0.5) is 0 Å². The summed E-state index contributed by atoms with van der Waals surface area (Å²) in [6, 6.07) is 10.9. The Morgan fingerprint density at radius 3 is 2.56 bits per heavy atom. The molecule has 0 spiro atoms. The highest BCUT2D eigenvalue weighted by atomic mass is 32.2. The summed E-state index contributed by atoms with van der Waals surface area (Å²) in [6.07, 6.45) is 0. The van der Waals surface area contributed by atoms with Gasteiger partial charge in [-0.05, 0) is 56.2 Å². The van der Waals surface area contributed by atoms with Gasteiger partial charge in [0.2, 0.25) is 21.8 Å². The Morgan fingerprint density at radius 1 is 1.07 bits per heavy atom. The molecule has 27 heavy (non-hydrogen) atoms. The largest absolute Gasteiger partial charge is 0.496 e. The van der Waals surface area contributed by atoms with Gasteiger partial charge in [-0.25, -0.2) is 13.1 Å². The maximum absolute atomic E-state index is 12.7. The van der Waals surface area contributed by atoms with Crippen molar-refractivity contribution < 1.29 is 17.6 Å². The van der Waals surface area contributed by atoms with Gasteiger partial charge in [-0.15, -0.1) is 10.2 Å². The van der Waals surface area contributed by atoms with Crippen LogP contribution in [0.15, 0.2) is 45.7 Å². The molecule has 0 radical (unpaired) electrons. The first-order chi connectivity index (χ1) is 12.8. The minimum absolute atomic E-state index is 0.0916. The molecule has 0 saturated heterocycles. The zero-order chi connectivity index (χ0) is 19.6.